The standard InChI is InChI=1S/C27H31ClN2O4S/c1-18(2)27(12-14-30(27)25(33)22-17-35-23-10-4-3-9-21(22)23)26(34)29(13-6-11-24(31)32)16-19-7-5-8-20(28)15-19/h3-5,7-10,15,17-18,24,31-32H,6,11-14,16H2,1-2H3. The van der Waals surface area contributed by atoms with Crippen molar-refractivity contribution in [1.29, 1.82) is 0 Å². The van der Waals surface area contributed by atoms with E-state index in [1.54, 1.807) is 15.9 Å². The molecule has 1 unspecified atom stereocenters. The first-order chi connectivity index (χ1) is 16.7. The maximum atomic E-state index is 14.2. The molecule has 1 aromatic heterocycles. The molecular formula is C27H31ClN2O4S. The van der Waals surface area contributed by atoms with E-state index in [9.17, 15) is 19.8 Å². The highest BCUT2D eigenvalue weighted by molar-refractivity contribution is 7.17. The second-order valence-corrected chi connectivity index (χ2v) is 10.8. The lowest BCUT2D eigenvalue weighted by Gasteiger charge is -2.55. The Bertz CT molecular complexity index is 1210. The number of rotatable bonds is 9. The van der Waals surface area contributed by atoms with E-state index in [1.807, 2.05) is 61.7 Å². The summed E-state index contributed by atoms with van der Waals surface area (Å²) in [6.45, 7) is 5.17. The predicted octanol–water partition coefficient (Wildman–Crippen LogP) is 4.92. The van der Waals surface area contributed by atoms with Gasteiger partial charge in [-0.15, -0.1) is 11.3 Å². The Labute approximate surface area is 214 Å². The van der Waals surface area contributed by atoms with Gasteiger partial charge in [0.25, 0.3) is 5.91 Å². The zero-order valence-corrected chi connectivity index (χ0v) is 21.6. The Balaban J connectivity index is 1.64. The summed E-state index contributed by atoms with van der Waals surface area (Å²) in [5, 5.41) is 22.0. The first-order valence-corrected chi connectivity index (χ1v) is 13.2. The molecule has 35 heavy (non-hydrogen) atoms. The fourth-order valence-electron chi connectivity index (χ4n) is 4.95. The summed E-state index contributed by atoms with van der Waals surface area (Å²) in [4.78, 5) is 31.4. The van der Waals surface area contributed by atoms with Crippen LogP contribution >= 0.6 is 22.9 Å². The van der Waals surface area contributed by atoms with Crippen LogP contribution in [0.5, 0.6) is 0 Å². The fraction of sp³-hybridized carbons (Fsp3) is 0.407. The number of fused-ring (bicyclic) bond motifs is 1. The van der Waals surface area contributed by atoms with E-state index in [1.165, 1.54) is 11.3 Å². The molecule has 1 saturated heterocycles. The number of carbonyl (C=O) groups is 2. The van der Waals surface area contributed by atoms with Crippen molar-refractivity contribution in [2.75, 3.05) is 13.1 Å². The molecule has 0 spiro atoms. The molecule has 1 fully saturated rings. The SMILES string of the molecule is CC(C)C1(C(=O)N(CCCC(O)O)Cc2cccc(Cl)c2)CCN1C(=O)c1csc2ccccc12. The summed E-state index contributed by atoms with van der Waals surface area (Å²) in [6, 6.07) is 15.2. The molecule has 0 aliphatic carbocycles. The Kier molecular flexibility index (Phi) is 7.81. The minimum atomic E-state index is -1.43. The van der Waals surface area contributed by atoms with Crippen LogP contribution in [0.15, 0.2) is 53.9 Å². The number of nitrogens with zero attached hydrogens (tertiary/aromatic N) is 2. The minimum absolute atomic E-state index is 0.0945. The number of hydrogen-bond donors (Lipinski definition) is 2. The van der Waals surface area contributed by atoms with Crippen molar-refractivity contribution in [2.45, 2.75) is 51.5 Å². The van der Waals surface area contributed by atoms with E-state index in [4.69, 9.17) is 11.6 Å². The van der Waals surface area contributed by atoms with E-state index in [2.05, 4.69) is 0 Å². The number of halogens is 1. The molecule has 0 radical (unpaired) electrons. The molecule has 6 nitrogen and oxygen atoms in total. The maximum Gasteiger partial charge on any atom is 0.256 e. The number of amides is 2. The van der Waals surface area contributed by atoms with E-state index < -0.39 is 11.8 Å². The second kappa shape index (κ2) is 10.7. The van der Waals surface area contributed by atoms with Gasteiger partial charge < -0.3 is 20.0 Å². The molecule has 1 aliphatic heterocycles. The van der Waals surface area contributed by atoms with Crippen molar-refractivity contribution in [3.05, 3.63) is 70.1 Å². The summed E-state index contributed by atoms with van der Waals surface area (Å²) >= 11 is 7.71. The quantitative estimate of drug-likeness (QED) is 0.397. The number of benzene rings is 2. The van der Waals surface area contributed by atoms with Crippen molar-refractivity contribution in [2.24, 2.45) is 5.92 Å². The fourth-order valence-corrected chi connectivity index (χ4v) is 6.10. The lowest BCUT2D eigenvalue weighted by molar-refractivity contribution is -0.156. The van der Waals surface area contributed by atoms with Crippen LogP contribution in [0, 0.1) is 5.92 Å². The van der Waals surface area contributed by atoms with Crippen LogP contribution < -0.4 is 0 Å². The molecule has 186 valence electrons. The number of aliphatic hydroxyl groups excluding tert-OH is 1. The Morgan fingerprint density at radius 1 is 1.17 bits per heavy atom. The summed E-state index contributed by atoms with van der Waals surface area (Å²) < 4.78 is 1.04. The van der Waals surface area contributed by atoms with Gasteiger partial charge in [0.05, 0.1) is 5.56 Å². The van der Waals surface area contributed by atoms with E-state index in [-0.39, 0.29) is 24.2 Å². The van der Waals surface area contributed by atoms with Crippen molar-refractivity contribution in [3.8, 4) is 0 Å². The molecule has 0 saturated carbocycles. The lowest BCUT2D eigenvalue weighted by Crippen LogP contribution is -2.71. The third-order valence-electron chi connectivity index (χ3n) is 6.92. The van der Waals surface area contributed by atoms with Crippen LogP contribution in [-0.4, -0.2) is 56.7 Å². The van der Waals surface area contributed by atoms with E-state index >= 15 is 0 Å². The van der Waals surface area contributed by atoms with Crippen molar-refractivity contribution in [3.63, 3.8) is 0 Å². The molecule has 2 N–H and O–H groups in total. The Hall–Kier alpha value is -2.45. The molecule has 0 bridgehead atoms. The van der Waals surface area contributed by atoms with Crippen molar-refractivity contribution < 1.29 is 19.8 Å². The average molecular weight is 515 g/mol. The van der Waals surface area contributed by atoms with Gasteiger partial charge in [0.15, 0.2) is 6.29 Å². The van der Waals surface area contributed by atoms with Gasteiger partial charge in [-0.25, -0.2) is 0 Å². The number of thiophene rings is 1. The number of likely N-dealkylation sites (tertiary alicyclic amines) is 1. The highest BCUT2D eigenvalue weighted by Crippen LogP contribution is 2.42. The molecule has 2 aromatic carbocycles. The summed E-state index contributed by atoms with van der Waals surface area (Å²) in [5.41, 5.74) is 0.569. The lowest BCUT2D eigenvalue weighted by atomic mass is 9.73. The first-order valence-electron chi connectivity index (χ1n) is 11.9. The molecule has 1 aliphatic rings. The van der Waals surface area contributed by atoms with Crippen molar-refractivity contribution >= 4 is 44.8 Å². The summed E-state index contributed by atoms with van der Waals surface area (Å²) in [5.74, 6) is -0.328. The molecule has 3 aromatic rings. The van der Waals surface area contributed by atoms with Crippen molar-refractivity contribution in [1.82, 2.24) is 9.80 Å². The molecule has 2 amide bonds. The van der Waals surface area contributed by atoms with Crippen LogP contribution in [0.1, 0.15) is 49.0 Å². The van der Waals surface area contributed by atoms with Gasteiger partial charge in [0.1, 0.15) is 5.54 Å². The van der Waals surface area contributed by atoms with E-state index in [0.29, 0.717) is 43.1 Å². The highest BCUT2D eigenvalue weighted by Gasteiger charge is 2.56. The summed E-state index contributed by atoms with van der Waals surface area (Å²) in [7, 11) is 0. The normalized spacial score (nSPS) is 17.7. The van der Waals surface area contributed by atoms with Crippen LogP contribution in [0.3, 0.4) is 0 Å². The largest absolute Gasteiger partial charge is 0.368 e. The number of carbonyl (C=O) groups excluding carboxylic acids is 2. The topological polar surface area (TPSA) is 81.1 Å². The first kappa shape index (κ1) is 25.6. The minimum Gasteiger partial charge on any atom is -0.368 e. The Morgan fingerprint density at radius 2 is 1.94 bits per heavy atom. The third-order valence-corrected chi connectivity index (χ3v) is 8.12. The van der Waals surface area contributed by atoms with Gasteiger partial charge in [-0.1, -0.05) is 55.8 Å². The maximum absolute atomic E-state index is 14.2. The summed E-state index contributed by atoms with van der Waals surface area (Å²) in [6.07, 6.45) is -0.240. The predicted molar refractivity (Wildman–Crippen MR) is 139 cm³/mol. The monoisotopic (exact) mass is 514 g/mol. The smallest absolute Gasteiger partial charge is 0.256 e. The Morgan fingerprint density at radius 3 is 2.60 bits per heavy atom. The molecule has 4 rings (SSSR count). The average Bonchev–Trinajstić information content (AvgIpc) is 3.22. The number of hydrogen-bond acceptors (Lipinski definition) is 5. The second-order valence-electron chi connectivity index (χ2n) is 9.41. The molecular weight excluding hydrogens is 484 g/mol. The van der Waals surface area contributed by atoms with Crippen LogP contribution in [-0.2, 0) is 11.3 Å². The zero-order valence-electron chi connectivity index (χ0n) is 20.0. The third kappa shape index (κ3) is 5.09. The van der Waals surface area contributed by atoms with Crippen LogP contribution in [0.4, 0.5) is 0 Å². The van der Waals surface area contributed by atoms with Gasteiger partial charge in [-0.3, -0.25) is 9.59 Å². The highest BCUT2D eigenvalue weighted by atomic mass is 35.5. The zero-order chi connectivity index (χ0) is 25.2. The molecule has 2 heterocycles. The van der Waals surface area contributed by atoms with Gasteiger partial charge in [-0.2, -0.15) is 0 Å². The van der Waals surface area contributed by atoms with Gasteiger partial charge >= 0.3 is 0 Å². The van der Waals surface area contributed by atoms with E-state index in [0.717, 1.165) is 15.6 Å². The molecule has 8 heteroatoms. The number of aliphatic hydroxyl groups is 2. The van der Waals surface area contributed by atoms with Gasteiger partial charge in [0, 0.05) is 40.1 Å². The van der Waals surface area contributed by atoms with Crippen LogP contribution in [0.2, 0.25) is 5.02 Å². The van der Waals surface area contributed by atoms with Gasteiger partial charge in [0.2, 0.25) is 5.91 Å². The van der Waals surface area contributed by atoms with Gasteiger partial charge in [-0.05, 0) is 48.9 Å². The molecule has 1 atom stereocenters. The van der Waals surface area contributed by atoms with Crippen LogP contribution in [0.25, 0.3) is 10.1 Å².